The number of benzene rings is 2. The number of aliphatic hydroxyl groups excluding tert-OH is 6. The van der Waals surface area contributed by atoms with E-state index in [-0.39, 0.29) is 29.2 Å². The van der Waals surface area contributed by atoms with Crippen LogP contribution < -0.4 is 9.47 Å². The van der Waals surface area contributed by atoms with Crippen LogP contribution in [0.2, 0.25) is 0 Å². The van der Waals surface area contributed by atoms with Crippen LogP contribution in [0, 0.1) is 0 Å². The van der Waals surface area contributed by atoms with Crippen molar-refractivity contribution in [1.29, 1.82) is 0 Å². The van der Waals surface area contributed by atoms with Gasteiger partial charge in [0.1, 0.15) is 71.3 Å². The van der Waals surface area contributed by atoms with Crippen molar-refractivity contribution < 1.29 is 69.3 Å². The minimum atomic E-state index is -1.75. The molecule has 2 aromatic carbocycles. The molecule has 8 N–H and O–H groups in total. The smallest absolute Gasteiger partial charge is 0.229 e. The van der Waals surface area contributed by atoms with E-state index in [9.17, 15) is 45.6 Å². The molecule has 2 fully saturated rings. The van der Waals surface area contributed by atoms with Crippen LogP contribution in [-0.2, 0) is 14.2 Å². The Morgan fingerprint density at radius 2 is 1.59 bits per heavy atom. The van der Waals surface area contributed by atoms with Crippen LogP contribution in [-0.4, -0.2) is 115 Å². The molecule has 0 aliphatic carbocycles. The first kappa shape index (κ1) is 29.4. The summed E-state index contributed by atoms with van der Waals surface area (Å²) in [5.74, 6) is -0.947. The molecule has 3 aliphatic heterocycles. The predicted molar refractivity (Wildman–Crippen MR) is 134 cm³/mol. The van der Waals surface area contributed by atoms with Crippen LogP contribution in [0.3, 0.4) is 0 Å². The van der Waals surface area contributed by atoms with Gasteiger partial charge in [0.25, 0.3) is 0 Å². The minimum absolute atomic E-state index is 0.0149. The van der Waals surface area contributed by atoms with Gasteiger partial charge in [0.2, 0.25) is 6.29 Å². The van der Waals surface area contributed by atoms with Crippen LogP contribution in [0.5, 0.6) is 23.0 Å². The summed E-state index contributed by atoms with van der Waals surface area (Å²) in [5, 5.41) is 81.6. The summed E-state index contributed by atoms with van der Waals surface area (Å²) in [6.07, 6.45) is -16.0. The quantitative estimate of drug-likeness (QED) is 0.202. The number of phenolic OH excluding ortho intramolecular Hbond substituents is 2. The van der Waals surface area contributed by atoms with E-state index in [0.717, 1.165) is 6.07 Å². The number of aromatic hydroxyl groups is 2. The van der Waals surface area contributed by atoms with Crippen LogP contribution in [0.15, 0.2) is 36.4 Å². The topological polar surface area (TPSA) is 225 Å². The number of carbonyl (C=O) groups excluding carboxylic acids is 1. The molecule has 3 aliphatic rings. The van der Waals surface area contributed by atoms with Crippen molar-refractivity contribution in [2.24, 2.45) is 0 Å². The maximum absolute atomic E-state index is 12.9. The molecule has 3 heterocycles. The molecule has 0 saturated carbocycles. The second-order valence-electron chi connectivity index (χ2n) is 10.2. The lowest BCUT2D eigenvalue weighted by Gasteiger charge is -2.45. The van der Waals surface area contributed by atoms with Gasteiger partial charge in [0, 0.05) is 12.1 Å². The molecular formula is C27H32O14. The molecule has 0 radical (unpaired) electrons. The lowest BCUT2D eigenvalue weighted by molar-refractivity contribution is -0.354. The van der Waals surface area contributed by atoms with Crippen molar-refractivity contribution in [3.8, 4) is 23.0 Å². The Morgan fingerprint density at radius 3 is 2.27 bits per heavy atom. The number of rotatable bonds is 6. The first-order valence-electron chi connectivity index (χ1n) is 13.0. The molecule has 0 unspecified atom stereocenters. The first-order chi connectivity index (χ1) is 19.5. The van der Waals surface area contributed by atoms with Gasteiger partial charge in [-0.05, 0) is 24.6 Å². The standard InChI is InChI=1S/C27H32O14/c1-10-20(32)22(34)24(36)26(37-10)41-25-23(35)21(33)18(9-28)40-27(25)38-13-6-14(30)19-15(31)8-16(39-17(19)7-13)11-2-4-12(29)5-3-11/h2-7,10,16,18,20-30,32-36H,8-9H2,1H3/t10-,16-,18+,20+,21-,22+,23-,24+,25+,26-,27+/m0/s1. The number of hydrogen-bond acceptors (Lipinski definition) is 14. The van der Waals surface area contributed by atoms with Crippen molar-refractivity contribution in [2.75, 3.05) is 6.61 Å². The zero-order valence-electron chi connectivity index (χ0n) is 21.8. The van der Waals surface area contributed by atoms with Gasteiger partial charge >= 0.3 is 0 Å². The molecule has 14 heteroatoms. The second kappa shape index (κ2) is 11.7. The van der Waals surface area contributed by atoms with Gasteiger partial charge in [-0.1, -0.05) is 12.1 Å². The first-order valence-corrected chi connectivity index (χ1v) is 13.0. The third-order valence-electron chi connectivity index (χ3n) is 7.42. The van der Waals surface area contributed by atoms with Crippen molar-refractivity contribution >= 4 is 5.78 Å². The molecule has 224 valence electrons. The van der Waals surface area contributed by atoms with Gasteiger partial charge in [-0.2, -0.15) is 0 Å². The highest BCUT2D eigenvalue weighted by Gasteiger charge is 2.51. The Hall–Kier alpha value is -3.05. The van der Waals surface area contributed by atoms with E-state index in [1.165, 1.54) is 25.1 Å². The largest absolute Gasteiger partial charge is 0.508 e. The number of aliphatic hydroxyl groups is 6. The van der Waals surface area contributed by atoms with Gasteiger partial charge < -0.3 is 64.5 Å². The summed E-state index contributed by atoms with van der Waals surface area (Å²) in [7, 11) is 0. The summed E-state index contributed by atoms with van der Waals surface area (Å²) >= 11 is 0. The number of ether oxygens (including phenoxy) is 5. The molecule has 0 aromatic heterocycles. The number of ketones is 1. The van der Waals surface area contributed by atoms with E-state index in [4.69, 9.17) is 23.7 Å². The van der Waals surface area contributed by atoms with Crippen molar-refractivity contribution in [3.63, 3.8) is 0 Å². The van der Waals surface area contributed by atoms with Gasteiger partial charge in [0.05, 0.1) is 19.1 Å². The number of fused-ring (bicyclic) bond motifs is 1. The highest BCUT2D eigenvalue weighted by molar-refractivity contribution is 6.02. The minimum Gasteiger partial charge on any atom is -0.508 e. The molecule has 2 aromatic rings. The average Bonchev–Trinajstić information content (AvgIpc) is 2.94. The van der Waals surface area contributed by atoms with E-state index in [2.05, 4.69) is 0 Å². The Morgan fingerprint density at radius 1 is 0.878 bits per heavy atom. The molecule has 41 heavy (non-hydrogen) atoms. The Balaban J connectivity index is 1.41. The number of hydrogen-bond donors (Lipinski definition) is 8. The van der Waals surface area contributed by atoms with E-state index in [1.807, 2.05) is 0 Å². The monoisotopic (exact) mass is 580 g/mol. The van der Waals surface area contributed by atoms with E-state index < -0.39 is 85.7 Å². The molecule has 0 amide bonds. The number of carbonyl (C=O) groups is 1. The SMILES string of the molecule is C[C@@H]1O[C@@H](O[C@H]2[C@H](Oc3cc(O)c4c(c3)O[C@H](c3ccc(O)cc3)CC4=O)O[C@H](CO)[C@H](O)[C@@H]2O)[C@H](O)[C@H](O)[C@@H]1O. The van der Waals surface area contributed by atoms with Crippen LogP contribution >= 0.6 is 0 Å². The van der Waals surface area contributed by atoms with Gasteiger partial charge in [-0.15, -0.1) is 0 Å². The van der Waals surface area contributed by atoms with Crippen LogP contribution in [0.25, 0.3) is 0 Å². The summed E-state index contributed by atoms with van der Waals surface area (Å²) in [6.45, 7) is 0.716. The molecule has 14 nitrogen and oxygen atoms in total. The summed E-state index contributed by atoms with van der Waals surface area (Å²) in [5.41, 5.74) is 0.529. The normalized spacial score (nSPS) is 37.2. The molecular weight excluding hydrogens is 548 g/mol. The number of Topliss-reactive ketones (excluding diaryl/α,β-unsaturated/α-hetero) is 1. The van der Waals surface area contributed by atoms with Crippen LogP contribution in [0.1, 0.15) is 35.4 Å². The lowest BCUT2D eigenvalue weighted by atomic mass is 9.95. The Labute approximate surface area is 233 Å². The maximum Gasteiger partial charge on any atom is 0.229 e. The molecule has 5 rings (SSSR count). The fraction of sp³-hybridized carbons (Fsp3) is 0.519. The van der Waals surface area contributed by atoms with Crippen molar-refractivity contribution in [1.82, 2.24) is 0 Å². The molecule has 11 atom stereocenters. The summed E-state index contributed by atoms with van der Waals surface area (Å²) in [4.78, 5) is 12.9. The Kier molecular flexibility index (Phi) is 8.39. The zero-order valence-corrected chi connectivity index (χ0v) is 21.8. The molecule has 2 saturated heterocycles. The van der Waals surface area contributed by atoms with Crippen LogP contribution in [0.4, 0.5) is 0 Å². The van der Waals surface area contributed by atoms with Gasteiger partial charge in [-0.3, -0.25) is 4.79 Å². The molecule has 0 spiro atoms. The van der Waals surface area contributed by atoms with Gasteiger partial charge in [-0.25, -0.2) is 0 Å². The highest BCUT2D eigenvalue weighted by Crippen LogP contribution is 2.43. The second-order valence-corrected chi connectivity index (χ2v) is 10.2. The van der Waals surface area contributed by atoms with Crippen molar-refractivity contribution in [2.45, 2.75) is 80.9 Å². The third kappa shape index (κ3) is 5.70. The number of phenols is 2. The van der Waals surface area contributed by atoms with Crippen molar-refractivity contribution in [3.05, 3.63) is 47.5 Å². The third-order valence-corrected chi connectivity index (χ3v) is 7.42. The maximum atomic E-state index is 12.9. The van der Waals surface area contributed by atoms with E-state index in [1.54, 1.807) is 12.1 Å². The average molecular weight is 581 g/mol. The fourth-order valence-corrected chi connectivity index (χ4v) is 5.07. The summed E-state index contributed by atoms with van der Waals surface area (Å²) < 4.78 is 28.6. The summed E-state index contributed by atoms with van der Waals surface area (Å²) in [6, 6.07) is 8.50. The fourth-order valence-electron chi connectivity index (χ4n) is 5.07. The highest BCUT2D eigenvalue weighted by atomic mass is 16.8. The predicted octanol–water partition coefficient (Wildman–Crippen LogP) is -1.17. The lowest BCUT2D eigenvalue weighted by Crippen LogP contribution is -2.64. The molecule has 0 bridgehead atoms. The van der Waals surface area contributed by atoms with E-state index in [0.29, 0.717) is 5.56 Å². The zero-order chi connectivity index (χ0) is 29.6. The van der Waals surface area contributed by atoms with Gasteiger partial charge in [0.15, 0.2) is 18.2 Å². The van der Waals surface area contributed by atoms with E-state index >= 15 is 0 Å². The Bertz CT molecular complexity index is 1240.